The lowest BCUT2D eigenvalue weighted by molar-refractivity contribution is 0.1000. The molecule has 3 aromatic rings. The van der Waals surface area contributed by atoms with Gasteiger partial charge in [0.25, 0.3) is 5.91 Å². The van der Waals surface area contributed by atoms with Crippen LogP contribution in [0.4, 0.5) is 0 Å². The summed E-state index contributed by atoms with van der Waals surface area (Å²) in [6.45, 7) is 4.83. The molecule has 0 fully saturated rings. The summed E-state index contributed by atoms with van der Waals surface area (Å²) in [5, 5.41) is 4.85. The van der Waals surface area contributed by atoms with Crippen molar-refractivity contribution in [3.63, 3.8) is 0 Å². The van der Waals surface area contributed by atoms with Crippen molar-refractivity contribution >= 4 is 28.6 Å². The third-order valence-corrected chi connectivity index (χ3v) is 5.56. The van der Waals surface area contributed by atoms with Gasteiger partial charge in [-0.05, 0) is 31.7 Å². The van der Waals surface area contributed by atoms with Gasteiger partial charge in [0.15, 0.2) is 0 Å². The van der Waals surface area contributed by atoms with E-state index >= 15 is 0 Å². The SMILES string of the molecule is Cc1c(C(N)=O)c(-c2nccs2)c(C)n1CCc1cccs1. The number of thiophene rings is 1. The van der Waals surface area contributed by atoms with Crippen molar-refractivity contribution < 1.29 is 4.79 Å². The van der Waals surface area contributed by atoms with Crippen LogP contribution in [0.15, 0.2) is 29.1 Å². The Hall–Kier alpha value is -1.92. The van der Waals surface area contributed by atoms with Gasteiger partial charge >= 0.3 is 0 Å². The Morgan fingerprint density at radius 1 is 1.27 bits per heavy atom. The van der Waals surface area contributed by atoms with Crippen molar-refractivity contribution in [2.45, 2.75) is 26.8 Å². The molecule has 3 rings (SSSR count). The summed E-state index contributed by atoms with van der Waals surface area (Å²) >= 11 is 3.28. The molecule has 0 aromatic carbocycles. The fourth-order valence-corrected chi connectivity index (χ4v) is 4.24. The summed E-state index contributed by atoms with van der Waals surface area (Å²) in [5.74, 6) is -0.388. The first-order valence-electron chi connectivity index (χ1n) is 7.01. The minimum absolute atomic E-state index is 0.388. The van der Waals surface area contributed by atoms with Gasteiger partial charge in [0, 0.05) is 40.0 Å². The van der Waals surface area contributed by atoms with Crippen LogP contribution in [0.1, 0.15) is 26.6 Å². The van der Waals surface area contributed by atoms with E-state index in [1.165, 1.54) is 16.2 Å². The molecule has 0 bridgehead atoms. The number of carbonyl (C=O) groups is 1. The van der Waals surface area contributed by atoms with Gasteiger partial charge in [-0.25, -0.2) is 4.98 Å². The minimum atomic E-state index is -0.388. The van der Waals surface area contributed by atoms with Gasteiger partial charge in [-0.15, -0.1) is 22.7 Å². The lowest BCUT2D eigenvalue weighted by Gasteiger charge is -2.08. The monoisotopic (exact) mass is 331 g/mol. The second kappa shape index (κ2) is 6.06. The number of aromatic nitrogens is 2. The molecule has 0 atom stereocenters. The molecule has 1 amide bonds. The van der Waals surface area contributed by atoms with Crippen LogP contribution in [-0.4, -0.2) is 15.5 Å². The zero-order valence-corrected chi connectivity index (χ0v) is 14.1. The van der Waals surface area contributed by atoms with E-state index in [-0.39, 0.29) is 5.91 Å². The van der Waals surface area contributed by atoms with Crippen LogP contribution in [-0.2, 0) is 13.0 Å². The van der Waals surface area contributed by atoms with Crippen LogP contribution in [0.3, 0.4) is 0 Å². The molecule has 0 aliphatic carbocycles. The summed E-state index contributed by atoms with van der Waals surface area (Å²) in [5.41, 5.74) is 9.07. The van der Waals surface area contributed by atoms with E-state index in [0.29, 0.717) is 5.56 Å². The molecule has 0 unspecified atom stereocenters. The number of nitrogens with two attached hydrogens (primary N) is 1. The number of rotatable bonds is 5. The summed E-state index contributed by atoms with van der Waals surface area (Å²) in [6, 6.07) is 4.20. The molecule has 6 heteroatoms. The van der Waals surface area contributed by atoms with Crippen LogP contribution in [0, 0.1) is 13.8 Å². The maximum Gasteiger partial charge on any atom is 0.251 e. The molecular weight excluding hydrogens is 314 g/mol. The van der Waals surface area contributed by atoms with Gasteiger partial charge in [-0.1, -0.05) is 6.07 Å². The van der Waals surface area contributed by atoms with Gasteiger partial charge in [0.2, 0.25) is 0 Å². The van der Waals surface area contributed by atoms with Crippen molar-refractivity contribution in [2.24, 2.45) is 5.73 Å². The summed E-state index contributed by atoms with van der Waals surface area (Å²) in [7, 11) is 0. The summed E-state index contributed by atoms with van der Waals surface area (Å²) in [6.07, 6.45) is 2.70. The average Bonchev–Trinajstić information content (AvgIpc) is 3.19. The van der Waals surface area contributed by atoms with E-state index in [0.717, 1.165) is 34.9 Å². The second-order valence-electron chi connectivity index (χ2n) is 5.10. The summed E-state index contributed by atoms with van der Waals surface area (Å²) in [4.78, 5) is 17.6. The first kappa shape index (κ1) is 15.0. The lowest BCUT2D eigenvalue weighted by atomic mass is 10.1. The maximum atomic E-state index is 11.9. The highest BCUT2D eigenvalue weighted by atomic mass is 32.1. The number of amides is 1. The van der Waals surface area contributed by atoms with Crippen molar-refractivity contribution in [2.75, 3.05) is 0 Å². The minimum Gasteiger partial charge on any atom is -0.366 e. The van der Waals surface area contributed by atoms with Crippen LogP contribution in [0.5, 0.6) is 0 Å². The van der Waals surface area contributed by atoms with Gasteiger partial charge < -0.3 is 10.3 Å². The standard InChI is InChI=1S/C16H17N3OS2/c1-10-13(15(17)20)14(16-18-6-9-22-16)11(2)19(10)7-5-12-4-3-8-21-12/h3-4,6,8-9H,5,7H2,1-2H3,(H2,17,20). The predicted octanol–water partition coefficient (Wildman–Crippen LogP) is 3.63. The molecule has 0 aliphatic rings. The number of primary amides is 1. The van der Waals surface area contributed by atoms with Crippen molar-refractivity contribution in [3.8, 4) is 10.6 Å². The largest absolute Gasteiger partial charge is 0.366 e. The molecule has 0 saturated heterocycles. The molecule has 114 valence electrons. The molecule has 0 saturated carbocycles. The Morgan fingerprint density at radius 3 is 2.68 bits per heavy atom. The molecule has 3 heterocycles. The summed E-state index contributed by atoms with van der Waals surface area (Å²) < 4.78 is 2.18. The van der Waals surface area contributed by atoms with Crippen molar-refractivity contribution in [1.29, 1.82) is 0 Å². The normalized spacial score (nSPS) is 11.0. The third kappa shape index (κ3) is 2.60. The molecule has 0 radical (unpaired) electrons. The Bertz CT molecular complexity index is 786. The Kier molecular flexibility index (Phi) is 4.13. The molecule has 0 spiro atoms. The number of carbonyl (C=O) groups excluding carboxylic acids is 1. The first-order chi connectivity index (χ1) is 10.6. The fraction of sp³-hybridized carbons (Fsp3) is 0.250. The average molecular weight is 331 g/mol. The van der Waals surface area contributed by atoms with Gasteiger partial charge in [0.05, 0.1) is 5.56 Å². The van der Waals surface area contributed by atoms with Crippen LogP contribution >= 0.6 is 22.7 Å². The molecule has 4 nitrogen and oxygen atoms in total. The number of thiazole rings is 1. The van der Waals surface area contributed by atoms with Crippen LogP contribution < -0.4 is 5.73 Å². The Labute approximate surface area is 137 Å². The van der Waals surface area contributed by atoms with Crippen molar-refractivity contribution in [1.82, 2.24) is 9.55 Å². The van der Waals surface area contributed by atoms with Crippen molar-refractivity contribution in [3.05, 3.63) is 50.9 Å². The topological polar surface area (TPSA) is 60.9 Å². The number of nitrogens with zero attached hydrogens (tertiary/aromatic N) is 2. The molecule has 3 aromatic heterocycles. The maximum absolute atomic E-state index is 11.9. The van der Waals surface area contributed by atoms with E-state index in [4.69, 9.17) is 5.73 Å². The van der Waals surface area contributed by atoms with E-state index < -0.39 is 0 Å². The molecule has 2 N–H and O–H groups in total. The van der Waals surface area contributed by atoms with Gasteiger partial charge in [0.1, 0.15) is 5.01 Å². The lowest BCUT2D eigenvalue weighted by Crippen LogP contribution is -2.13. The Balaban J connectivity index is 2.04. The highest BCUT2D eigenvalue weighted by Gasteiger charge is 2.23. The highest BCUT2D eigenvalue weighted by molar-refractivity contribution is 7.13. The third-order valence-electron chi connectivity index (χ3n) is 3.84. The fourth-order valence-electron chi connectivity index (χ4n) is 2.81. The predicted molar refractivity (Wildman–Crippen MR) is 91.6 cm³/mol. The Morgan fingerprint density at radius 2 is 2.09 bits per heavy atom. The molecule has 22 heavy (non-hydrogen) atoms. The van der Waals surface area contributed by atoms with Crippen LogP contribution in [0.2, 0.25) is 0 Å². The van der Waals surface area contributed by atoms with E-state index in [1.807, 2.05) is 19.2 Å². The molecule has 0 aliphatic heterocycles. The number of hydrogen-bond donors (Lipinski definition) is 1. The quantitative estimate of drug-likeness (QED) is 0.776. The zero-order chi connectivity index (χ0) is 15.7. The zero-order valence-electron chi connectivity index (χ0n) is 12.5. The highest BCUT2D eigenvalue weighted by Crippen LogP contribution is 2.33. The van der Waals surface area contributed by atoms with Crippen LogP contribution in [0.25, 0.3) is 10.6 Å². The van der Waals surface area contributed by atoms with E-state index in [2.05, 4.69) is 27.1 Å². The molecular formula is C16H17N3OS2. The van der Waals surface area contributed by atoms with Gasteiger partial charge in [-0.3, -0.25) is 4.79 Å². The van der Waals surface area contributed by atoms with Gasteiger partial charge in [-0.2, -0.15) is 0 Å². The smallest absolute Gasteiger partial charge is 0.251 e. The van der Waals surface area contributed by atoms with E-state index in [1.54, 1.807) is 17.5 Å². The second-order valence-corrected chi connectivity index (χ2v) is 7.03. The number of hydrogen-bond acceptors (Lipinski definition) is 4. The first-order valence-corrected chi connectivity index (χ1v) is 8.77. The van der Waals surface area contributed by atoms with E-state index in [9.17, 15) is 4.79 Å². The number of aryl methyl sites for hydroxylation is 1.